The Morgan fingerprint density at radius 1 is 1.24 bits per heavy atom. The van der Waals surface area contributed by atoms with E-state index in [1.54, 1.807) is 0 Å². The van der Waals surface area contributed by atoms with Gasteiger partial charge in [0.15, 0.2) is 17.5 Å². The Balaban J connectivity index is 3.06. The molecule has 0 aliphatic carbocycles. The molecule has 17 nitrogen and oxygen atoms in total. The second-order valence-electron chi connectivity index (χ2n) is 7.66. The number of hydrogen-bond acceptors (Lipinski definition) is 13. The summed E-state index contributed by atoms with van der Waals surface area (Å²) in [6.45, 7) is 1.45. The van der Waals surface area contributed by atoms with Gasteiger partial charge in [-0.2, -0.15) is 0 Å². The van der Waals surface area contributed by atoms with Crippen LogP contribution in [0.4, 0.5) is 10.5 Å². The number of nitro benzene ring substituents is 1. The van der Waals surface area contributed by atoms with Crippen molar-refractivity contribution in [2.45, 2.75) is 50.9 Å². The zero-order chi connectivity index (χ0) is 28.9. The summed E-state index contributed by atoms with van der Waals surface area (Å²) in [7, 11) is 1.30. The lowest BCUT2D eigenvalue weighted by atomic mass is 10.1. The number of nitro groups is 1. The zero-order valence-corrected chi connectivity index (χ0v) is 20.7. The van der Waals surface area contributed by atoms with Gasteiger partial charge in [-0.15, -0.1) is 0 Å². The minimum atomic E-state index is -3.80. The SMILES string of the molecule is COc1cc(C(C)OC(=O)NC(CCCN=C(N)N)C(=O)OC(O)(O)O)c([N+](=O)[O-])cc1OCCCC=O. The standard InChI is InChI=1S/C21H31N5O12/c1-12(13-10-16(35-2)17(11-15(13)26(33)34)36-9-4-3-8-27)37-20(29)25-14(6-5-7-24-19(22)23)18(28)38-21(30,31)32/h8,10-12,14,30-32H,3-7,9H2,1-2H3,(H,25,29)(H4,22,23,24). The van der Waals surface area contributed by atoms with Gasteiger partial charge in [0, 0.05) is 13.0 Å². The number of nitrogens with two attached hydrogens (primary N) is 2. The van der Waals surface area contributed by atoms with Crippen molar-refractivity contribution in [3.8, 4) is 11.5 Å². The average Bonchev–Trinajstić information content (AvgIpc) is 2.81. The average molecular weight is 546 g/mol. The molecule has 1 amide bonds. The van der Waals surface area contributed by atoms with E-state index in [2.05, 4.69) is 15.0 Å². The van der Waals surface area contributed by atoms with Crippen molar-refractivity contribution in [1.29, 1.82) is 0 Å². The predicted molar refractivity (Wildman–Crippen MR) is 128 cm³/mol. The highest BCUT2D eigenvalue weighted by Gasteiger charge is 2.32. The molecule has 0 fully saturated rings. The molecule has 8 N–H and O–H groups in total. The van der Waals surface area contributed by atoms with E-state index in [1.165, 1.54) is 20.1 Å². The molecular weight excluding hydrogens is 514 g/mol. The van der Waals surface area contributed by atoms with Crippen LogP contribution >= 0.6 is 0 Å². The molecule has 0 radical (unpaired) electrons. The number of carbonyl (C=O) groups is 3. The smallest absolute Gasteiger partial charge is 0.455 e. The molecule has 1 aromatic carbocycles. The zero-order valence-electron chi connectivity index (χ0n) is 20.7. The molecule has 17 heteroatoms. The Hall–Kier alpha value is -4.22. The summed E-state index contributed by atoms with van der Waals surface area (Å²) >= 11 is 0. The number of unbranched alkanes of at least 4 members (excludes halogenated alkanes) is 1. The lowest BCUT2D eigenvalue weighted by Crippen LogP contribution is -2.46. The van der Waals surface area contributed by atoms with Crippen LogP contribution in [-0.4, -0.2) is 77.0 Å². The van der Waals surface area contributed by atoms with Crippen molar-refractivity contribution >= 4 is 30.0 Å². The van der Waals surface area contributed by atoms with Crippen LogP contribution in [0.3, 0.4) is 0 Å². The van der Waals surface area contributed by atoms with E-state index >= 15 is 0 Å². The van der Waals surface area contributed by atoms with Crippen LogP contribution in [0.5, 0.6) is 11.5 Å². The van der Waals surface area contributed by atoms with Crippen molar-refractivity contribution in [3.63, 3.8) is 0 Å². The van der Waals surface area contributed by atoms with Crippen molar-refractivity contribution < 1.29 is 53.6 Å². The van der Waals surface area contributed by atoms with Crippen molar-refractivity contribution in [3.05, 3.63) is 27.8 Å². The fraction of sp³-hybridized carbons (Fsp3) is 0.524. The summed E-state index contributed by atoms with van der Waals surface area (Å²) in [4.78, 5) is 49.8. The van der Waals surface area contributed by atoms with Crippen LogP contribution in [0, 0.1) is 10.1 Å². The minimum Gasteiger partial charge on any atom is -0.493 e. The van der Waals surface area contributed by atoms with Gasteiger partial charge in [-0.05, 0) is 32.3 Å². The predicted octanol–water partition coefficient (Wildman–Crippen LogP) is -0.698. The van der Waals surface area contributed by atoms with Crippen LogP contribution in [-0.2, 0) is 19.1 Å². The quantitative estimate of drug-likeness (QED) is 0.0219. The number of nitrogens with one attached hydrogen (secondary N) is 1. The summed E-state index contributed by atoms with van der Waals surface area (Å²) in [5, 5.41) is 40.5. The number of guanidine groups is 1. The molecule has 38 heavy (non-hydrogen) atoms. The van der Waals surface area contributed by atoms with Gasteiger partial charge in [0.2, 0.25) is 0 Å². The lowest BCUT2D eigenvalue weighted by molar-refractivity contribution is -0.435. The van der Waals surface area contributed by atoms with E-state index < -0.39 is 41.0 Å². The number of ether oxygens (including phenoxy) is 4. The third kappa shape index (κ3) is 11.2. The van der Waals surface area contributed by atoms with Gasteiger partial charge in [-0.1, -0.05) is 0 Å². The van der Waals surface area contributed by atoms with Crippen LogP contribution in [0.1, 0.15) is 44.3 Å². The van der Waals surface area contributed by atoms with Gasteiger partial charge in [-0.25, -0.2) is 9.59 Å². The molecule has 0 aliphatic heterocycles. The first-order chi connectivity index (χ1) is 17.8. The Morgan fingerprint density at radius 3 is 2.47 bits per heavy atom. The topological polar surface area (TPSA) is 268 Å². The Kier molecular flexibility index (Phi) is 12.7. The molecule has 0 spiro atoms. The van der Waals surface area contributed by atoms with Crippen molar-refractivity contribution in [2.75, 3.05) is 20.3 Å². The molecule has 0 saturated carbocycles. The summed E-state index contributed by atoms with van der Waals surface area (Å²) in [6, 6.07) is 0.769. The third-order valence-electron chi connectivity index (χ3n) is 4.71. The maximum Gasteiger partial charge on any atom is 0.455 e. The molecule has 2 unspecified atom stereocenters. The van der Waals surface area contributed by atoms with Crippen LogP contribution in [0.25, 0.3) is 0 Å². The third-order valence-corrected chi connectivity index (χ3v) is 4.71. The largest absolute Gasteiger partial charge is 0.493 e. The number of benzene rings is 1. The Bertz CT molecular complexity index is 1010. The summed E-state index contributed by atoms with van der Waals surface area (Å²) in [5.41, 5.74) is 9.89. The number of methoxy groups -OCH3 is 1. The Labute approximate surface area is 216 Å². The minimum absolute atomic E-state index is 0.0366. The van der Waals surface area contributed by atoms with Gasteiger partial charge >= 0.3 is 18.2 Å². The van der Waals surface area contributed by atoms with Crippen LogP contribution in [0.2, 0.25) is 0 Å². The van der Waals surface area contributed by atoms with Crippen molar-refractivity contribution in [1.82, 2.24) is 5.32 Å². The number of rotatable bonds is 16. The molecule has 0 aromatic heterocycles. The highest BCUT2D eigenvalue weighted by Crippen LogP contribution is 2.38. The number of hydrogen-bond donors (Lipinski definition) is 6. The number of aliphatic hydroxyl groups is 3. The first kappa shape index (κ1) is 31.8. The molecule has 1 aromatic rings. The summed E-state index contributed by atoms with van der Waals surface area (Å²) in [5.74, 6) is -1.52. The van der Waals surface area contributed by atoms with E-state index in [-0.39, 0.29) is 55.4 Å². The number of alkyl carbamates (subject to hydrolysis) is 1. The van der Waals surface area contributed by atoms with Crippen molar-refractivity contribution in [2.24, 2.45) is 16.5 Å². The second kappa shape index (κ2) is 15.1. The van der Waals surface area contributed by atoms with Gasteiger partial charge in [0.05, 0.1) is 30.3 Å². The van der Waals surface area contributed by atoms with Gasteiger partial charge in [-0.3, -0.25) is 15.1 Å². The van der Waals surface area contributed by atoms with E-state index in [0.717, 1.165) is 6.07 Å². The first-order valence-electron chi connectivity index (χ1n) is 11.1. The summed E-state index contributed by atoms with van der Waals surface area (Å²) < 4.78 is 19.9. The molecule has 212 valence electrons. The normalized spacial score (nSPS) is 12.4. The number of aldehydes is 1. The highest BCUT2D eigenvalue weighted by molar-refractivity contribution is 5.81. The number of esters is 1. The summed E-state index contributed by atoms with van der Waals surface area (Å²) in [6.07, 6.45) is -5.04. The number of nitrogens with zero attached hydrogens (tertiary/aromatic N) is 2. The fourth-order valence-electron chi connectivity index (χ4n) is 3.03. The van der Waals surface area contributed by atoms with E-state index in [4.69, 9.17) is 41.0 Å². The second-order valence-corrected chi connectivity index (χ2v) is 7.66. The molecule has 0 saturated heterocycles. The van der Waals surface area contributed by atoms with Crippen LogP contribution < -0.4 is 26.3 Å². The van der Waals surface area contributed by atoms with E-state index in [0.29, 0.717) is 12.7 Å². The van der Waals surface area contributed by atoms with E-state index in [9.17, 15) is 24.5 Å². The molecular formula is C21H31N5O12. The van der Waals surface area contributed by atoms with E-state index in [1.807, 2.05) is 0 Å². The maximum atomic E-state index is 12.5. The number of aliphatic imine (C=N–C) groups is 1. The molecule has 0 aliphatic rings. The Morgan fingerprint density at radius 2 is 1.92 bits per heavy atom. The molecule has 1 rings (SSSR count). The van der Waals surface area contributed by atoms with Gasteiger partial charge in [0.1, 0.15) is 18.4 Å². The number of carbonyl (C=O) groups excluding carboxylic acids is 3. The fourth-order valence-corrected chi connectivity index (χ4v) is 3.03. The molecule has 0 bridgehead atoms. The maximum absolute atomic E-state index is 12.5. The van der Waals surface area contributed by atoms with Crippen LogP contribution in [0.15, 0.2) is 17.1 Å². The molecule has 2 atom stereocenters. The monoisotopic (exact) mass is 545 g/mol. The molecule has 0 heterocycles. The lowest BCUT2D eigenvalue weighted by Gasteiger charge is -2.22. The first-order valence-corrected chi connectivity index (χ1v) is 11.1. The van der Waals surface area contributed by atoms with Gasteiger partial charge < -0.3 is 55.8 Å². The van der Waals surface area contributed by atoms with Gasteiger partial charge in [0.25, 0.3) is 5.69 Å². The number of amides is 1. The highest BCUT2D eigenvalue weighted by atomic mass is 16.9.